The fourth-order valence-electron chi connectivity index (χ4n) is 3.42. The maximum absolute atomic E-state index is 12.8. The smallest absolute Gasteiger partial charge is 0.260 e. The van der Waals surface area contributed by atoms with Crippen molar-refractivity contribution in [3.8, 4) is 29.0 Å². The number of hydrogen-bond acceptors (Lipinski definition) is 4. The lowest BCUT2D eigenvalue weighted by Gasteiger charge is -2.12. The van der Waals surface area contributed by atoms with Gasteiger partial charge in [-0.15, -0.1) is 0 Å². The maximum Gasteiger partial charge on any atom is 0.260 e. The second kappa shape index (κ2) is 9.19. The van der Waals surface area contributed by atoms with Crippen molar-refractivity contribution >= 4 is 11.0 Å². The van der Waals surface area contributed by atoms with E-state index in [4.69, 9.17) is 9.47 Å². The highest BCUT2D eigenvalue weighted by molar-refractivity contribution is 5.83. The van der Waals surface area contributed by atoms with Crippen LogP contribution in [0, 0.1) is 25.7 Å². The van der Waals surface area contributed by atoms with E-state index in [1.807, 2.05) is 68.4 Å². The molecule has 0 saturated heterocycles. The summed E-state index contributed by atoms with van der Waals surface area (Å²) in [6, 6.07) is 20.7. The third-order valence-corrected chi connectivity index (χ3v) is 4.68. The number of fused-ring (bicyclic) bond motifs is 1. The normalized spacial score (nSPS) is 10.4. The Labute approximate surface area is 180 Å². The van der Waals surface area contributed by atoms with Gasteiger partial charge in [-0.1, -0.05) is 36.1 Å². The van der Waals surface area contributed by atoms with Gasteiger partial charge in [-0.2, -0.15) is 0 Å². The van der Waals surface area contributed by atoms with Gasteiger partial charge in [0.15, 0.2) is 5.65 Å². The molecule has 0 unspecified atom stereocenters. The van der Waals surface area contributed by atoms with Crippen molar-refractivity contribution in [1.82, 2.24) is 9.55 Å². The number of ether oxygens (including phenoxy) is 2. The lowest BCUT2D eigenvalue weighted by atomic mass is 10.1. The van der Waals surface area contributed by atoms with Crippen LogP contribution in [-0.4, -0.2) is 22.8 Å². The predicted octanol–water partition coefficient (Wildman–Crippen LogP) is 4.46. The summed E-state index contributed by atoms with van der Waals surface area (Å²) in [6.45, 7) is 4.48. The number of hydrogen-bond donors (Lipinski definition) is 0. The molecule has 0 amide bonds. The minimum Gasteiger partial charge on any atom is -0.481 e. The predicted molar refractivity (Wildman–Crippen MR) is 122 cm³/mol. The van der Waals surface area contributed by atoms with Crippen LogP contribution in [-0.2, 0) is 0 Å². The Morgan fingerprint density at radius 3 is 2.32 bits per heavy atom. The highest BCUT2D eigenvalue weighted by Crippen LogP contribution is 2.23. The summed E-state index contributed by atoms with van der Waals surface area (Å²) in [6.07, 6.45) is 1.66. The van der Waals surface area contributed by atoms with Crippen molar-refractivity contribution < 1.29 is 9.47 Å². The van der Waals surface area contributed by atoms with Crippen LogP contribution in [0.25, 0.3) is 16.7 Å². The van der Waals surface area contributed by atoms with Gasteiger partial charge in [-0.3, -0.25) is 9.36 Å². The van der Waals surface area contributed by atoms with Crippen LogP contribution in [0.4, 0.5) is 0 Å². The number of benzene rings is 2. The van der Waals surface area contributed by atoms with Crippen LogP contribution in [0.2, 0.25) is 0 Å². The van der Waals surface area contributed by atoms with Crippen LogP contribution < -0.4 is 15.0 Å². The number of para-hydroxylation sites is 1. The van der Waals surface area contributed by atoms with Gasteiger partial charge in [0, 0.05) is 12.3 Å². The van der Waals surface area contributed by atoms with E-state index >= 15 is 0 Å². The molecule has 4 aromatic rings. The number of pyridine rings is 2. The van der Waals surface area contributed by atoms with Crippen LogP contribution >= 0.6 is 0 Å². The van der Waals surface area contributed by atoms with E-state index in [1.165, 1.54) is 6.07 Å². The summed E-state index contributed by atoms with van der Waals surface area (Å²) >= 11 is 0. The first-order valence-electron chi connectivity index (χ1n) is 9.97. The SMILES string of the molecule is Cc1cc(C)cc(OCC#CCOc2cc(=O)n(-c3ccccc3)c3ncccc23)c1. The van der Waals surface area contributed by atoms with Gasteiger partial charge < -0.3 is 9.47 Å². The molecule has 2 heterocycles. The quantitative estimate of drug-likeness (QED) is 0.456. The first kappa shape index (κ1) is 20.2. The summed E-state index contributed by atoms with van der Waals surface area (Å²) in [5.41, 5.74) is 3.39. The van der Waals surface area contributed by atoms with E-state index in [0.29, 0.717) is 11.4 Å². The summed E-state index contributed by atoms with van der Waals surface area (Å²) < 4.78 is 13.1. The molecular formula is C26H22N2O3. The van der Waals surface area contributed by atoms with Gasteiger partial charge in [-0.05, 0) is 61.4 Å². The Kier molecular flexibility index (Phi) is 6.00. The molecule has 4 rings (SSSR count). The molecule has 0 atom stereocenters. The van der Waals surface area contributed by atoms with Crippen molar-refractivity contribution in [3.63, 3.8) is 0 Å². The summed E-state index contributed by atoms with van der Waals surface area (Å²) in [7, 11) is 0. The second-order valence-electron chi connectivity index (χ2n) is 7.15. The van der Waals surface area contributed by atoms with E-state index in [1.54, 1.807) is 10.8 Å². The third kappa shape index (κ3) is 4.76. The van der Waals surface area contributed by atoms with Crippen molar-refractivity contribution in [2.24, 2.45) is 0 Å². The topological polar surface area (TPSA) is 53.4 Å². The fourth-order valence-corrected chi connectivity index (χ4v) is 3.42. The molecule has 5 nitrogen and oxygen atoms in total. The second-order valence-corrected chi connectivity index (χ2v) is 7.15. The van der Waals surface area contributed by atoms with E-state index in [-0.39, 0.29) is 18.8 Å². The minimum atomic E-state index is -0.210. The molecule has 0 aliphatic carbocycles. The van der Waals surface area contributed by atoms with Crippen molar-refractivity contribution in [2.75, 3.05) is 13.2 Å². The Hall–Kier alpha value is -4.04. The number of aryl methyl sites for hydroxylation is 2. The van der Waals surface area contributed by atoms with Gasteiger partial charge >= 0.3 is 0 Å². The molecule has 5 heteroatoms. The van der Waals surface area contributed by atoms with Crippen LogP contribution in [0.5, 0.6) is 11.5 Å². The van der Waals surface area contributed by atoms with Crippen molar-refractivity contribution in [2.45, 2.75) is 13.8 Å². The lowest BCUT2D eigenvalue weighted by molar-refractivity contribution is 0.363. The third-order valence-electron chi connectivity index (χ3n) is 4.68. The van der Waals surface area contributed by atoms with E-state index in [0.717, 1.165) is 28.0 Å². The molecule has 31 heavy (non-hydrogen) atoms. The monoisotopic (exact) mass is 410 g/mol. The first-order valence-corrected chi connectivity index (χ1v) is 9.97. The lowest BCUT2D eigenvalue weighted by Crippen LogP contribution is -2.19. The molecule has 0 N–H and O–H groups in total. The van der Waals surface area contributed by atoms with Gasteiger partial charge in [0.05, 0.1) is 11.1 Å². The molecule has 0 radical (unpaired) electrons. The van der Waals surface area contributed by atoms with Crippen LogP contribution in [0.3, 0.4) is 0 Å². The number of rotatable bonds is 5. The first-order chi connectivity index (χ1) is 15.1. The molecule has 2 aromatic heterocycles. The van der Waals surface area contributed by atoms with E-state index < -0.39 is 0 Å². The van der Waals surface area contributed by atoms with Gasteiger partial charge in [0.25, 0.3) is 5.56 Å². The largest absolute Gasteiger partial charge is 0.481 e. The minimum absolute atomic E-state index is 0.148. The molecule has 0 aliphatic heterocycles. The van der Waals surface area contributed by atoms with Crippen LogP contribution in [0.15, 0.2) is 77.7 Å². The summed E-state index contributed by atoms with van der Waals surface area (Å²) in [4.78, 5) is 17.2. The molecule has 0 bridgehead atoms. The van der Waals surface area contributed by atoms with Crippen molar-refractivity contribution in [3.05, 3.63) is 94.4 Å². The summed E-state index contributed by atoms with van der Waals surface area (Å²) in [5.74, 6) is 7.15. The highest BCUT2D eigenvalue weighted by Gasteiger charge is 2.11. The molecule has 154 valence electrons. The molecule has 0 aliphatic rings. The average Bonchev–Trinajstić information content (AvgIpc) is 2.76. The Morgan fingerprint density at radius 2 is 1.58 bits per heavy atom. The Morgan fingerprint density at radius 1 is 0.871 bits per heavy atom. The van der Waals surface area contributed by atoms with Crippen LogP contribution in [0.1, 0.15) is 11.1 Å². The molecule has 0 fully saturated rings. The average molecular weight is 410 g/mol. The number of aromatic nitrogens is 2. The Balaban J connectivity index is 1.49. The summed E-state index contributed by atoms with van der Waals surface area (Å²) in [5, 5.41) is 0.749. The van der Waals surface area contributed by atoms with Gasteiger partial charge in [-0.25, -0.2) is 4.98 Å². The Bertz CT molecular complexity index is 1310. The zero-order valence-corrected chi connectivity index (χ0v) is 17.5. The highest BCUT2D eigenvalue weighted by atomic mass is 16.5. The molecular weight excluding hydrogens is 388 g/mol. The molecule has 0 spiro atoms. The van der Waals surface area contributed by atoms with E-state index in [9.17, 15) is 4.79 Å². The van der Waals surface area contributed by atoms with Gasteiger partial charge in [0.1, 0.15) is 24.7 Å². The number of nitrogens with zero attached hydrogens (tertiary/aromatic N) is 2. The zero-order valence-electron chi connectivity index (χ0n) is 17.5. The fraction of sp³-hybridized carbons (Fsp3) is 0.154. The van der Waals surface area contributed by atoms with Gasteiger partial charge in [0.2, 0.25) is 0 Å². The molecule has 2 aromatic carbocycles. The maximum atomic E-state index is 12.8. The zero-order chi connectivity index (χ0) is 21.6. The molecule has 0 saturated carbocycles. The van der Waals surface area contributed by atoms with E-state index in [2.05, 4.69) is 22.9 Å². The van der Waals surface area contributed by atoms with Crippen molar-refractivity contribution in [1.29, 1.82) is 0 Å². The standard InChI is InChI=1S/C26H22N2O3/c1-19-15-20(2)17-22(16-19)30-13-6-7-14-31-24-18-25(29)28(21-9-4-3-5-10-21)26-23(24)11-8-12-27-26/h3-5,8-12,15-18H,13-14H2,1-2H3.